The molecule has 0 amide bonds. The molecule has 3 heteroatoms. The highest BCUT2D eigenvalue weighted by molar-refractivity contribution is 5.80. The van der Waals surface area contributed by atoms with E-state index in [0.29, 0.717) is 5.92 Å². The van der Waals surface area contributed by atoms with E-state index < -0.39 is 0 Å². The number of rotatable bonds is 4. The van der Waals surface area contributed by atoms with Crippen molar-refractivity contribution in [1.29, 1.82) is 0 Å². The summed E-state index contributed by atoms with van der Waals surface area (Å²) in [6.07, 6.45) is 4.96. The Morgan fingerprint density at radius 2 is 2.17 bits per heavy atom. The number of aliphatic hydroxyl groups excluding tert-OH is 1. The average Bonchev–Trinajstić information content (AvgIpc) is 2.97. The molecular weight excluding hydrogens is 226 g/mol. The molecule has 1 aromatic heterocycles. The minimum absolute atomic E-state index is 0.112. The van der Waals surface area contributed by atoms with E-state index in [-0.39, 0.29) is 6.10 Å². The van der Waals surface area contributed by atoms with Gasteiger partial charge in [0.2, 0.25) is 0 Å². The first-order valence-electron chi connectivity index (χ1n) is 6.68. The third-order valence-corrected chi connectivity index (χ3v) is 3.90. The van der Waals surface area contributed by atoms with Crippen LogP contribution >= 0.6 is 0 Å². The molecule has 0 spiro atoms. The lowest BCUT2D eigenvalue weighted by Gasteiger charge is -2.14. The lowest BCUT2D eigenvalue weighted by molar-refractivity contribution is 0.131. The van der Waals surface area contributed by atoms with Gasteiger partial charge in [-0.2, -0.15) is 0 Å². The molecule has 3 rings (SSSR count). The zero-order valence-electron chi connectivity index (χ0n) is 10.4. The first kappa shape index (κ1) is 11.8. The average molecular weight is 245 g/mol. The third-order valence-electron chi connectivity index (χ3n) is 3.90. The van der Waals surface area contributed by atoms with Crippen LogP contribution in [0.2, 0.25) is 0 Å². The van der Waals surface area contributed by atoms with Gasteiger partial charge in [0.1, 0.15) is 5.58 Å². The Bertz CT molecular complexity index is 520. The fraction of sp³-hybridized carbons (Fsp3) is 0.467. The van der Waals surface area contributed by atoms with Gasteiger partial charge in [-0.3, -0.25) is 0 Å². The largest absolute Gasteiger partial charge is 0.464 e. The number of para-hydroxylation sites is 1. The zero-order valence-corrected chi connectivity index (χ0v) is 10.4. The summed E-state index contributed by atoms with van der Waals surface area (Å²) in [4.78, 5) is 0. The van der Waals surface area contributed by atoms with Crippen molar-refractivity contribution >= 4 is 11.0 Å². The maximum atomic E-state index is 9.76. The van der Waals surface area contributed by atoms with Crippen LogP contribution in [0.3, 0.4) is 0 Å². The molecule has 2 unspecified atom stereocenters. The molecule has 96 valence electrons. The number of nitrogens with one attached hydrogen (secondary N) is 1. The van der Waals surface area contributed by atoms with Crippen molar-refractivity contribution in [1.82, 2.24) is 5.32 Å². The van der Waals surface area contributed by atoms with Crippen LogP contribution in [0, 0.1) is 5.92 Å². The molecule has 1 fully saturated rings. The molecule has 3 nitrogen and oxygen atoms in total. The first-order valence-corrected chi connectivity index (χ1v) is 6.68. The fourth-order valence-corrected chi connectivity index (χ4v) is 2.82. The molecule has 1 aliphatic rings. The van der Waals surface area contributed by atoms with Crippen LogP contribution < -0.4 is 5.32 Å². The highest BCUT2D eigenvalue weighted by Crippen LogP contribution is 2.25. The Morgan fingerprint density at radius 3 is 3.00 bits per heavy atom. The molecule has 2 N–H and O–H groups in total. The zero-order chi connectivity index (χ0) is 12.4. The minimum Gasteiger partial charge on any atom is -0.464 e. The molecule has 1 saturated carbocycles. The smallest absolute Gasteiger partial charge is 0.134 e. The predicted molar refractivity (Wildman–Crippen MR) is 71.3 cm³/mol. The van der Waals surface area contributed by atoms with Gasteiger partial charge < -0.3 is 14.8 Å². The lowest BCUT2D eigenvalue weighted by Crippen LogP contribution is -2.27. The van der Waals surface area contributed by atoms with Gasteiger partial charge >= 0.3 is 0 Å². The number of benzene rings is 1. The maximum Gasteiger partial charge on any atom is 0.134 e. The van der Waals surface area contributed by atoms with Gasteiger partial charge in [0.15, 0.2) is 0 Å². The van der Waals surface area contributed by atoms with Crippen molar-refractivity contribution in [3.8, 4) is 0 Å². The number of hydrogen-bond donors (Lipinski definition) is 2. The Labute approximate surface area is 107 Å². The summed E-state index contributed by atoms with van der Waals surface area (Å²) in [6.45, 7) is 1.70. The molecular formula is C15H19NO2. The van der Waals surface area contributed by atoms with Crippen LogP contribution in [0.5, 0.6) is 0 Å². The van der Waals surface area contributed by atoms with Gasteiger partial charge in [-0.1, -0.05) is 24.6 Å². The fourth-order valence-electron chi connectivity index (χ4n) is 2.82. The van der Waals surface area contributed by atoms with Crippen LogP contribution in [0.1, 0.15) is 24.8 Å². The van der Waals surface area contributed by atoms with Crippen LogP contribution in [0.4, 0.5) is 0 Å². The van der Waals surface area contributed by atoms with E-state index >= 15 is 0 Å². The van der Waals surface area contributed by atoms with Gasteiger partial charge in [-0.15, -0.1) is 0 Å². The highest BCUT2D eigenvalue weighted by atomic mass is 16.3. The second-order valence-corrected chi connectivity index (χ2v) is 5.15. The standard InChI is InChI=1S/C15H19NO2/c17-14-6-3-4-11(14)8-16-9-12-10-18-15-7-2-1-5-13(12)15/h1-2,5,7,10-11,14,16-17H,3-4,6,8-9H2. The summed E-state index contributed by atoms with van der Waals surface area (Å²) in [7, 11) is 0. The van der Waals surface area contributed by atoms with Gasteiger partial charge in [0, 0.05) is 24.0 Å². The number of hydrogen-bond acceptors (Lipinski definition) is 3. The van der Waals surface area contributed by atoms with Crippen LogP contribution in [-0.4, -0.2) is 17.8 Å². The topological polar surface area (TPSA) is 45.4 Å². The van der Waals surface area contributed by atoms with Crippen LogP contribution in [0.25, 0.3) is 11.0 Å². The predicted octanol–water partition coefficient (Wildman–Crippen LogP) is 2.68. The molecule has 1 aromatic carbocycles. The summed E-state index contributed by atoms with van der Waals surface area (Å²) in [5, 5.41) is 14.4. The summed E-state index contributed by atoms with van der Waals surface area (Å²) >= 11 is 0. The molecule has 0 bridgehead atoms. The van der Waals surface area contributed by atoms with Crippen molar-refractivity contribution in [2.24, 2.45) is 5.92 Å². The van der Waals surface area contributed by atoms with Crippen LogP contribution in [0.15, 0.2) is 34.9 Å². The van der Waals surface area contributed by atoms with Gasteiger partial charge in [-0.25, -0.2) is 0 Å². The number of fused-ring (bicyclic) bond motifs is 1. The van der Waals surface area contributed by atoms with E-state index in [2.05, 4.69) is 11.4 Å². The summed E-state index contributed by atoms with van der Waals surface area (Å²) in [5.74, 6) is 0.420. The van der Waals surface area contributed by atoms with Gasteiger partial charge in [0.05, 0.1) is 12.4 Å². The molecule has 1 heterocycles. The van der Waals surface area contributed by atoms with E-state index in [1.54, 1.807) is 0 Å². The van der Waals surface area contributed by atoms with Crippen molar-refractivity contribution in [3.05, 3.63) is 36.1 Å². The molecule has 1 aliphatic carbocycles. The van der Waals surface area contributed by atoms with E-state index in [1.807, 2.05) is 24.5 Å². The summed E-state index contributed by atoms with van der Waals surface area (Å²) in [5.41, 5.74) is 2.13. The SMILES string of the molecule is OC1CCCC1CNCc1coc2ccccc12. The molecule has 2 aromatic rings. The third kappa shape index (κ3) is 2.28. The van der Waals surface area contributed by atoms with Gasteiger partial charge in [-0.05, 0) is 24.8 Å². The Balaban J connectivity index is 1.60. The Kier molecular flexibility index (Phi) is 3.35. The molecule has 0 radical (unpaired) electrons. The maximum absolute atomic E-state index is 9.76. The summed E-state index contributed by atoms with van der Waals surface area (Å²) < 4.78 is 5.50. The molecule has 18 heavy (non-hydrogen) atoms. The van der Waals surface area contributed by atoms with Crippen molar-refractivity contribution in [2.45, 2.75) is 31.9 Å². The molecule has 0 saturated heterocycles. The van der Waals surface area contributed by atoms with Crippen molar-refractivity contribution < 1.29 is 9.52 Å². The summed E-state index contributed by atoms with van der Waals surface area (Å²) in [6, 6.07) is 8.08. The number of aliphatic hydroxyl groups is 1. The normalized spacial score (nSPS) is 23.8. The van der Waals surface area contributed by atoms with Crippen molar-refractivity contribution in [2.75, 3.05) is 6.54 Å². The monoisotopic (exact) mass is 245 g/mol. The van der Waals surface area contributed by atoms with Crippen molar-refractivity contribution in [3.63, 3.8) is 0 Å². The lowest BCUT2D eigenvalue weighted by atomic mass is 10.1. The minimum atomic E-state index is -0.112. The molecule has 0 aliphatic heterocycles. The van der Waals surface area contributed by atoms with E-state index in [4.69, 9.17) is 4.42 Å². The second kappa shape index (κ2) is 5.12. The molecule has 2 atom stereocenters. The van der Waals surface area contributed by atoms with Gasteiger partial charge in [0.25, 0.3) is 0 Å². The second-order valence-electron chi connectivity index (χ2n) is 5.15. The van der Waals surface area contributed by atoms with E-state index in [1.165, 1.54) is 10.9 Å². The first-order chi connectivity index (χ1) is 8.84. The van der Waals surface area contributed by atoms with E-state index in [0.717, 1.165) is 37.9 Å². The van der Waals surface area contributed by atoms with Crippen LogP contribution in [-0.2, 0) is 6.54 Å². The Hall–Kier alpha value is -1.32. The Morgan fingerprint density at radius 1 is 1.28 bits per heavy atom. The van der Waals surface area contributed by atoms with E-state index in [9.17, 15) is 5.11 Å². The quantitative estimate of drug-likeness (QED) is 0.870. The number of furan rings is 1. The highest BCUT2D eigenvalue weighted by Gasteiger charge is 2.24.